The molecule has 0 bridgehead atoms. The SMILES string of the molecule is CN(CCCNc1ncc(Cl)cc1Br)C1CCCCC1. The quantitative estimate of drug-likeness (QED) is 0.754. The minimum absolute atomic E-state index is 0.652. The second-order valence-corrected chi connectivity index (χ2v) is 6.83. The number of rotatable bonds is 6. The molecule has 0 radical (unpaired) electrons. The van der Waals surface area contributed by atoms with Gasteiger partial charge in [-0.2, -0.15) is 0 Å². The number of hydrogen-bond donors (Lipinski definition) is 1. The molecular formula is C15H23BrClN3. The summed E-state index contributed by atoms with van der Waals surface area (Å²) < 4.78 is 0.922. The molecule has 2 rings (SSSR count). The largest absolute Gasteiger partial charge is 0.369 e. The van der Waals surface area contributed by atoms with Crippen molar-refractivity contribution < 1.29 is 0 Å². The Labute approximate surface area is 135 Å². The van der Waals surface area contributed by atoms with Crippen LogP contribution >= 0.6 is 27.5 Å². The molecule has 0 atom stereocenters. The van der Waals surface area contributed by atoms with Gasteiger partial charge in [0.1, 0.15) is 5.82 Å². The van der Waals surface area contributed by atoms with Gasteiger partial charge < -0.3 is 10.2 Å². The molecule has 1 aliphatic carbocycles. The molecule has 1 fully saturated rings. The molecule has 0 saturated heterocycles. The third-order valence-electron chi connectivity index (χ3n) is 3.99. The summed E-state index contributed by atoms with van der Waals surface area (Å²) in [7, 11) is 2.26. The predicted octanol–water partition coefficient (Wildman–Crippen LogP) is 4.56. The van der Waals surface area contributed by atoms with Crippen molar-refractivity contribution >= 4 is 33.3 Å². The van der Waals surface area contributed by atoms with E-state index in [-0.39, 0.29) is 0 Å². The maximum atomic E-state index is 5.88. The summed E-state index contributed by atoms with van der Waals surface area (Å²) in [5, 5.41) is 4.01. The molecule has 0 unspecified atom stereocenters. The molecule has 5 heteroatoms. The molecule has 112 valence electrons. The zero-order valence-corrected chi connectivity index (χ0v) is 14.4. The average Bonchev–Trinajstić information content (AvgIpc) is 2.46. The third kappa shape index (κ3) is 4.90. The van der Waals surface area contributed by atoms with E-state index in [0.29, 0.717) is 5.02 Å². The summed E-state index contributed by atoms with van der Waals surface area (Å²) in [5.74, 6) is 0.870. The van der Waals surface area contributed by atoms with Crippen molar-refractivity contribution in [3.8, 4) is 0 Å². The minimum atomic E-state index is 0.652. The van der Waals surface area contributed by atoms with E-state index in [0.717, 1.165) is 35.8 Å². The van der Waals surface area contributed by atoms with Crippen LogP contribution in [0.15, 0.2) is 16.7 Å². The monoisotopic (exact) mass is 359 g/mol. The summed E-state index contributed by atoms with van der Waals surface area (Å²) in [6.45, 7) is 2.08. The third-order valence-corrected chi connectivity index (χ3v) is 4.80. The Morgan fingerprint density at radius 2 is 2.15 bits per heavy atom. The summed E-state index contributed by atoms with van der Waals surface area (Å²) in [6.07, 6.45) is 9.75. The van der Waals surface area contributed by atoms with Crippen LogP contribution in [0.25, 0.3) is 0 Å². The van der Waals surface area contributed by atoms with Gasteiger partial charge in [-0.15, -0.1) is 0 Å². The molecule has 0 amide bonds. The standard InChI is InChI=1S/C15H23BrClN3/c1-20(13-6-3-2-4-7-13)9-5-8-18-15-14(16)10-12(17)11-19-15/h10-11,13H,2-9H2,1H3,(H,18,19). The topological polar surface area (TPSA) is 28.2 Å². The Hall–Kier alpha value is -0.320. The fourth-order valence-electron chi connectivity index (χ4n) is 2.78. The van der Waals surface area contributed by atoms with Crippen LogP contribution in [-0.2, 0) is 0 Å². The average molecular weight is 361 g/mol. The molecule has 0 spiro atoms. The molecule has 1 N–H and O–H groups in total. The fourth-order valence-corrected chi connectivity index (χ4v) is 3.56. The van der Waals surface area contributed by atoms with Crippen LogP contribution in [0.2, 0.25) is 5.02 Å². The maximum Gasteiger partial charge on any atom is 0.140 e. The van der Waals surface area contributed by atoms with Gasteiger partial charge in [0, 0.05) is 18.8 Å². The minimum Gasteiger partial charge on any atom is -0.369 e. The second kappa shape index (κ2) is 8.20. The molecule has 1 aliphatic rings. The summed E-state index contributed by atoms with van der Waals surface area (Å²) in [4.78, 5) is 6.80. The van der Waals surface area contributed by atoms with Crippen molar-refractivity contribution in [2.45, 2.75) is 44.6 Å². The highest BCUT2D eigenvalue weighted by Gasteiger charge is 2.17. The smallest absolute Gasteiger partial charge is 0.140 e. The lowest BCUT2D eigenvalue weighted by molar-refractivity contribution is 0.191. The van der Waals surface area contributed by atoms with E-state index in [1.807, 2.05) is 6.07 Å². The highest BCUT2D eigenvalue weighted by molar-refractivity contribution is 9.10. The Morgan fingerprint density at radius 3 is 2.85 bits per heavy atom. The number of nitrogens with one attached hydrogen (secondary N) is 1. The Bertz CT molecular complexity index is 422. The van der Waals surface area contributed by atoms with Gasteiger partial charge in [0.05, 0.1) is 9.50 Å². The van der Waals surface area contributed by atoms with Crippen molar-refractivity contribution in [2.75, 3.05) is 25.5 Å². The van der Waals surface area contributed by atoms with Crippen molar-refractivity contribution in [1.82, 2.24) is 9.88 Å². The van der Waals surface area contributed by atoms with E-state index in [4.69, 9.17) is 11.6 Å². The van der Waals surface area contributed by atoms with Crippen LogP contribution in [0, 0.1) is 0 Å². The van der Waals surface area contributed by atoms with E-state index in [9.17, 15) is 0 Å². The molecule has 1 aromatic heterocycles. The van der Waals surface area contributed by atoms with Crippen LogP contribution in [-0.4, -0.2) is 36.1 Å². The highest BCUT2D eigenvalue weighted by Crippen LogP contribution is 2.23. The summed E-state index contributed by atoms with van der Waals surface area (Å²) >= 11 is 9.35. The van der Waals surface area contributed by atoms with E-state index < -0.39 is 0 Å². The number of nitrogens with zero attached hydrogens (tertiary/aromatic N) is 2. The first-order valence-corrected chi connectivity index (χ1v) is 8.59. The highest BCUT2D eigenvalue weighted by atomic mass is 79.9. The van der Waals surface area contributed by atoms with E-state index >= 15 is 0 Å². The molecule has 1 heterocycles. The van der Waals surface area contributed by atoms with Crippen LogP contribution in [0.5, 0.6) is 0 Å². The fraction of sp³-hybridized carbons (Fsp3) is 0.667. The van der Waals surface area contributed by atoms with Crippen molar-refractivity contribution in [3.63, 3.8) is 0 Å². The number of aromatic nitrogens is 1. The Morgan fingerprint density at radius 1 is 1.40 bits per heavy atom. The van der Waals surface area contributed by atoms with Crippen molar-refractivity contribution in [1.29, 1.82) is 0 Å². The van der Waals surface area contributed by atoms with E-state index in [2.05, 4.69) is 38.2 Å². The van der Waals surface area contributed by atoms with Crippen LogP contribution in [0.3, 0.4) is 0 Å². The summed E-state index contributed by atoms with van der Waals surface area (Å²) in [5.41, 5.74) is 0. The number of halogens is 2. The van der Waals surface area contributed by atoms with Crippen LogP contribution in [0.4, 0.5) is 5.82 Å². The number of anilines is 1. The van der Waals surface area contributed by atoms with Gasteiger partial charge >= 0.3 is 0 Å². The van der Waals surface area contributed by atoms with Crippen LogP contribution < -0.4 is 5.32 Å². The summed E-state index contributed by atoms with van der Waals surface area (Å²) in [6, 6.07) is 2.66. The molecule has 1 saturated carbocycles. The number of pyridine rings is 1. The number of hydrogen-bond acceptors (Lipinski definition) is 3. The lowest BCUT2D eigenvalue weighted by Gasteiger charge is -2.31. The Balaban J connectivity index is 1.68. The van der Waals surface area contributed by atoms with Crippen molar-refractivity contribution in [2.24, 2.45) is 0 Å². The molecule has 0 aromatic carbocycles. The first-order valence-electron chi connectivity index (χ1n) is 7.42. The second-order valence-electron chi connectivity index (χ2n) is 5.54. The van der Waals surface area contributed by atoms with Gasteiger partial charge in [0.25, 0.3) is 0 Å². The predicted molar refractivity (Wildman–Crippen MR) is 89.6 cm³/mol. The normalized spacial score (nSPS) is 16.6. The van der Waals surface area contributed by atoms with Gasteiger partial charge in [-0.05, 0) is 54.9 Å². The van der Waals surface area contributed by atoms with E-state index in [1.54, 1.807) is 6.20 Å². The lowest BCUT2D eigenvalue weighted by atomic mass is 9.94. The molecule has 1 aromatic rings. The zero-order chi connectivity index (χ0) is 14.4. The van der Waals surface area contributed by atoms with Gasteiger partial charge in [-0.1, -0.05) is 30.9 Å². The molecule has 3 nitrogen and oxygen atoms in total. The van der Waals surface area contributed by atoms with E-state index in [1.165, 1.54) is 32.1 Å². The maximum absolute atomic E-state index is 5.88. The van der Waals surface area contributed by atoms with Gasteiger partial charge in [-0.3, -0.25) is 0 Å². The zero-order valence-electron chi connectivity index (χ0n) is 12.0. The first-order chi connectivity index (χ1) is 9.66. The molecular weight excluding hydrogens is 338 g/mol. The van der Waals surface area contributed by atoms with Gasteiger partial charge in [0.2, 0.25) is 0 Å². The van der Waals surface area contributed by atoms with Gasteiger partial charge in [-0.25, -0.2) is 4.98 Å². The van der Waals surface area contributed by atoms with Gasteiger partial charge in [0.15, 0.2) is 0 Å². The molecule has 20 heavy (non-hydrogen) atoms. The lowest BCUT2D eigenvalue weighted by Crippen LogP contribution is -2.34. The first kappa shape index (κ1) is 16.1. The van der Waals surface area contributed by atoms with Crippen molar-refractivity contribution in [3.05, 3.63) is 21.8 Å². The molecule has 0 aliphatic heterocycles. The Kier molecular flexibility index (Phi) is 6.59. The van der Waals surface area contributed by atoms with Crippen LogP contribution in [0.1, 0.15) is 38.5 Å².